The van der Waals surface area contributed by atoms with E-state index in [9.17, 15) is 0 Å². The van der Waals surface area contributed by atoms with Crippen LogP contribution in [0.2, 0.25) is 0 Å². The van der Waals surface area contributed by atoms with Gasteiger partial charge in [0.25, 0.3) is 0 Å². The lowest BCUT2D eigenvalue weighted by atomic mass is 10.1. The molecule has 2 aliphatic heterocycles. The van der Waals surface area contributed by atoms with Gasteiger partial charge in [-0.25, -0.2) is 4.98 Å². The number of nitrogens with zero attached hydrogens (tertiary/aromatic N) is 3. The zero-order chi connectivity index (χ0) is 14.2. The first-order valence-corrected chi connectivity index (χ1v) is 7.61. The standard InChI is InChI=1S/C17H20N4/c1-13-11-21-12-15-5-3-2-4-14(15)10-16(17(21)19-13)20-8-6-18-7-9-20/h2-5,10-11,18H,6-9,12H2,1H3. The quantitative estimate of drug-likeness (QED) is 0.867. The largest absolute Gasteiger partial charge is 0.366 e. The summed E-state index contributed by atoms with van der Waals surface area (Å²) in [6.07, 6.45) is 4.47. The van der Waals surface area contributed by atoms with E-state index in [1.54, 1.807) is 0 Å². The Hall–Kier alpha value is -2.07. The van der Waals surface area contributed by atoms with Crippen molar-refractivity contribution in [2.75, 3.05) is 26.2 Å². The molecule has 0 unspecified atom stereocenters. The fourth-order valence-corrected chi connectivity index (χ4v) is 3.22. The second-order valence-corrected chi connectivity index (χ2v) is 5.80. The topological polar surface area (TPSA) is 33.1 Å². The lowest BCUT2D eigenvalue weighted by Crippen LogP contribution is -2.42. The number of nitrogens with one attached hydrogen (secondary N) is 1. The number of imidazole rings is 1. The lowest BCUT2D eigenvalue weighted by molar-refractivity contribution is 0.339. The molecule has 4 nitrogen and oxygen atoms in total. The number of hydrogen-bond donors (Lipinski definition) is 1. The lowest BCUT2D eigenvalue weighted by Gasteiger charge is -2.31. The van der Waals surface area contributed by atoms with Crippen LogP contribution < -0.4 is 5.32 Å². The van der Waals surface area contributed by atoms with Gasteiger partial charge >= 0.3 is 0 Å². The van der Waals surface area contributed by atoms with E-state index in [0.717, 1.165) is 44.2 Å². The molecule has 3 heterocycles. The molecule has 1 N–H and O–H groups in total. The predicted octanol–water partition coefficient (Wildman–Crippen LogP) is 1.96. The Morgan fingerprint density at radius 3 is 2.81 bits per heavy atom. The van der Waals surface area contributed by atoms with E-state index < -0.39 is 0 Å². The minimum Gasteiger partial charge on any atom is -0.366 e. The smallest absolute Gasteiger partial charge is 0.156 e. The molecule has 1 aromatic heterocycles. The van der Waals surface area contributed by atoms with Crippen molar-refractivity contribution < 1.29 is 0 Å². The van der Waals surface area contributed by atoms with Crippen LogP contribution in [-0.4, -0.2) is 40.6 Å². The van der Waals surface area contributed by atoms with E-state index in [0.29, 0.717) is 0 Å². The molecule has 4 rings (SSSR count). The fraction of sp³-hybridized carbons (Fsp3) is 0.353. The maximum atomic E-state index is 4.78. The number of hydrogen-bond acceptors (Lipinski definition) is 3. The van der Waals surface area contributed by atoms with Crippen molar-refractivity contribution in [2.45, 2.75) is 13.5 Å². The summed E-state index contributed by atoms with van der Waals surface area (Å²) >= 11 is 0. The molecular weight excluding hydrogens is 260 g/mol. The predicted molar refractivity (Wildman–Crippen MR) is 84.8 cm³/mol. The van der Waals surface area contributed by atoms with Gasteiger partial charge in [-0.2, -0.15) is 0 Å². The fourth-order valence-electron chi connectivity index (χ4n) is 3.22. The van der Waals surface area contributed by atoms with Gasteiger partial charge in [0.1, 0.15) is 0 Å². The molecule has 0 aliphatic carbocycles. The van der Waals surface area contributed by atoms with Gasteiger partial charge < -0.3 is 14.8 Å². The first kappa shape index (κ1) is 12.7. The molecule has 2 aliphatic rings. The molecular formula is C17H20N4. The van der Waals surface area contributed by atoms with Gasteiger partial charge in [0.15, 0.2) is 5.82 Å². The van der Waals surface area contributed by atoms with Crippen LogP contribution in [0.15, 0.2) is 30.5 Å². The molecule has 1 aromatic carbocycles. The van der Waals surface area contributed by atoms with Crippen LogP contribution in [-0.2, 0) is 6.54 Å². The highest BCUT2D eigenvalue weighted by molar-refractivity contribution is 5.80. The van der Waals surface area contributed by atoms with Crippen LogP contribution in [0.4, 0.5) is 0 Å². The number of benzene rings is 1. The van der Waals surface area contributed by atoms with Crippen LogP contribution in [0.25, 0.3) is 11.8 Å². The second kappa shape index (κ2) is 5.04. The van der Waals surface area contributed by atoms with Gasteiger partial charge in [-0.05, 0) is 24.1 Å². The van der Waals surface area contributed by atoms with Crippen molar-refractivity contribution in [3.05, 3.63) is 53.1 Å². The van der Waals surface area contributed by atoms with E-state index in [1.807, 2.05) is 0 Å². The van der Waals surface area contributed by atoms with E-state index >= 15 is 0 Å². The summed E-state index contributed by atoms with van der Waals surface area (Å²) in [5, 5.41) is 3.42. The van der Waals surface area contributed by atoms with E-state index in [4.69, 9.17) is 4.98 Å². The second-order valence-electron chi connectivity index (χ2n) is 5.80. The molecule has 108 valence electrons. The van der Waals surface area contributed by atoms with Gasteiger partial charge in [0, 0.05) is 38.9 Å². The number of rotatable bonds is 1. The maximum absolute atomic E-state index is 4.78. The summed E-state index contributed by atoms with van der Waals surface area (Å²) in [6.45, 7) is 7.14. The Morgan fingerprint density at radius 2 is 1.95 bits per heavy atom. The van der Waals surface area contributed by atoms with Crippen molar-refractivity contribution >= 4 is 11.8 Å². The first-order chi connectivity index (χ1) is 10.3. The summed E-state index contributed by atoms with van der Waals surface area (Å²) < 4.78 is 2.29. The van der Waals surface area contributed by atoms with Crippen molar-refractivity contribution in [1.29, 1.82) is 0 Å². The highest BCUT2D eigenvalue weighted by Gasteiger charge is 2.22. The Bertz CT molecular complexity index is 693. The number of aromatic nitrogens is 2. The number of aryl methyl sites for hydroxylation is 1. The Labute approximate surface area is 125 Å². The minimum absolute atomic E-state index is 0.901. The van der Waals surface area contributed by atoms with Crippen molar-refractivity contribution in [1.82, 2.24) is 19.8 Å². The molecule has 0 radical (unpaired) electrons. The van der Waals surface area contributed by atoms with E-state index in [-0.39, 0.29) is 0 Å². The van der Waals surface area contributed by atoms with Gasteiger partial charge in [-0.15, -0.1) is 0 Å². The third-order valence-corrected chi connectivity index (χ3v) is 4.27. The van der Waals surface area contributed by atoms with Crippen molar-refractivity contribution in [3.8, 4) is 0 Å². The Morgan fingerprint density at radius 1 is 1.14 bits per heavy atom. The van der Waals surface area contributed by atoms with E-state index in [1.165, 1.54) is 16.8 Å². The normalized spacial score (nSPS) is 17.8. The number of piperazine rings is 1. The molecule has 2 aromatic rings. The average Bonchev–Trinajstić information content (AvgIpc) is 2.80. The van der Waals surface area contributed by atoms with Gasteiger partial charge in [-0.3, -0.25) is 0 Å². The summed E-state index contributed by atoms with van der Waals surface area (Å²) in [5.41, 5.74) is 5.02. The van der Waals surface area contributed by atoms with Gasteiger partial charge in [-0.1, -0.05) is 24.3 Å². The molecule has 0 atom stereocenters. The van der Waals surface area contributed by atoms with E-state index in [2.05, 4.69) is 58.2 Å². The van der Waals surface area contributed by atoms with Crippen LogP contribution in [0.1, 0.15) is 22.6 Å². The molecule has 1 fully saturated rings. The zero-order valence-electron chi connectivity index (χ0n) is 12.3. The highest BCUT2D eigenvalue weighted by Crippen LogP contribution is 2.28. The summed E-state index contributed by atoms with van der Waals surface area (Å²) in [4.78, 5) is 7.24. The summed E-state index contributed by atoms with van der Waals surface area (Å²) in [7, 11) is 0. The Kier molecular flexibility index (Phi) is 3.04. The van der Waals surface area contributed by atoms with Crippen molar-refractivity contribution in [3.63, 3.8) is 0 Å². The van der Waals surface area contributed by atoms with Crippen LogP contribution in [0, 0.1) is 6.92 Å². The number of fused-ring (bicyclic) bond motifs is 2. The highest BCUT2D eigenvalue weighted by atomic mass is 15.2. The summed E-state index contributed by atoms with van der Waals surface area (Å²) in [6, 6.07) is 8.65. The van der Waals surface area contributed by atoms with Gasteiger partial charge in [0.05, 0.1) is 11.4 Å². The minimum atomic E-state index is 0.901. The Balaban J connectivity index is 1.86. The monoisotopic (exact) mass is 280 g/mol. The summed E-state index contributed by atoms with van der Waals surface area (Å²) in [5.74, 6) is 1.10. The molecule has 4 heteroatoms. The van der Waals surface area contributed by atoms with Crippen LogP contribution in [0.3, 0.4) is 0 Å². The molecule has 0 bridgehead atoms. The molecule has 1 saturated heterocycles. The molecule has 21 heavy (non-hydrogen) atoms. The van der Waals surface area contributed by atoms with Gasteiger partial charge in [0.2, 0.25) is 0 Å². The molecule has 0 spiro atoms. The van der Waals surface area contributed by atoms with Crippen LogP contribution >= 0.6 is 0 Å². The van der Waals surface area contributed by atoms with Crippen LogP contribution in [0.5, 0.6) is 0 Å². The zero-order valence-corrected chi connectivity index (χ0v) is 12.3. The third-order valence-electron chi connectivity index (χ3n) is 4.27. The van der Waals surface area contributed by atoms with Crippen molar-refractivity contribution in [2.24, 2.45) is 0 Å². The molecule has 0 saturated carbocycles. The maximum Gasteiger partial charge on any atom is 0.156 e. The molecule has 0 amide bonds. The SMILES string of the molecule is Cc1cn2c(n1)C(N1CCNCC1)=Cc1ccccc1C2. The first-order valence-electron chi connectivity index (χ1n) is 7.61. The average molecular weight is 280 g/mol. The third kappa shape index (κ3) is 2.25.